The van der Waals surface area contributed by atoms with Crippen LogP contribution in [-0.2, 0) is 22.7 Å². The quantitative estimate of drug-likeness (QED) is 0.542. The van der Waals surface area contributed by atoms with E-state index in [1.54, 1.807) is 31.3 Å². The van der Waals surface area contributed by atoms with E-state index in [9.17, 15) is 14.4 Å². The molecule has 1 aromatic carbocycles. The Morgan fingerprint density at radius 3 is 2.55 bits per heavy atom. The Hall–Kier alpha value is -3.95. The molecule has 3 rings (SSSR count). The van der Waals surface area contributed by atoms with Gasteiger partial charge in [-0.3, -0.25) is 23.9 Å². The molecule has 31 heavy (non-hydrogen) atoms. The third-order valence-corrected chi connectivity index (χ3v) is 4.58. The van der Waals surface area contributed by atoms with Crippen LogP contribution in [0.5, 0.6) is 11.5 Å². The maximum atomic E-state index is 12.8. The molecule has 2 N–H and O–H groups in total. The fourth-order valence-corrected chi connectivity index (χ4v) is 2.94. The molecule has 0 saturated carbocycles. The maximum absolute atomic E-state index is 12.8. The first-order chi connectivity index (χ1) is 14.9. The van der Waals surface area contributed by atoms with E-state index in [4.69, 9.17) is 9.47 Å². The molecule has 0 bridgehead atoms. The lowest BCUT2D eigenvalue weighted by Crippen LogP contribution is -2.46. The first-order valence-electron chi connectivity index (χ1n) is 9.51. The molecule has 0 aliphatic heterocycles. The van der Waals surface area contributed by atoms with Crippen molar-refractivity contribution < 1.29 is 19.1 Å². The Bertz CT molecular complexity index is 1150. The van der Waals surface area contributed by atoms with E-state index in [2.05, 4.69) is 20.6 Å². The molecule has 10 heteroatoms. The average molecular weight is 425 g/mol. The molecule has 162 valence electrons. The van der Waals surface area contributed by atoms with Gasteiger partial charge in [0, 0.05) is 12.3 Å². The summed E-state index contributed by atoms with van der Waals surface area (Å²) >= 11 is 0. The van der Waals surface area contributed by atoms with Crippen LogP contribution in [0.15, 0.2) is 47.7 Å². The molecule has 2 aromatic heterocycles. The van der Waals surface area contributed by atoms with Crippen LogP contribution < -0.4 is 25.7 Å². The molecular weight excluding hydrogens is 402 g/mol. The Kier molecular flexibility index (Phi) is 6.81. The highest BCUT2D eigenvalue weighted by Crippen LogP contribution is 2.29. The fourth-order valence-electron chi connectivity index (χ4n) is 2.94. The summed E-state index contributed by atoms with van der Waals surface area (Å²) in [5, 5.41) is 5.57. The number of benzene rings is 1. The number of rotatable bonds is 8. The van der Waals surface area contributed by atoms with Gasteiger partial charge in [0.2, 0.25) is 11.8 Å². The highest BCUT2D eigenvalue weighted by atomic mass is 16.5. The van der Waals surface area contributed by atoms with Crippen LogP contribution in [-0.4, -0.2) is 46.6 Å². The minimum atomic E-state index is -0.787. The highest BCUT2D eigenvalue weighted by molar-refractivity contribution is 5.87. The molecule has 0 fully saturated rings. The first-order valence-corrected chi connectivity index (χ1v) is 9.51. The number of nitrogens with zero attached hydrogens (tertiary/aromatic N) is 3. The van der Waals surface area contributed by atoms with E-state index in [0.29, 0.717) is 22.7 Å². The normalized spacial score (nSPS) is 11.6. The van der Waals surface area contributed by atoms with Gasteiger partial charge in [0.15, 0.2) is 11.5 Å². The summed E-state index contributed by atoms with van der Waals surface area (Å²) in [6.45, 7) is 1.53. The summed E-state index contributed by atoms with van der Waals surface area (Å²) in [6, 6.07) is 7.71. The van der Waals surface area contributed by atoms with Gasteiger partial charge in [-0.1, -0.05) is 6.07 Å². The average Bonchev–Trinajstić information content (AvgIpc) is 2.79. The molecule has 0 saturated heterocycles. The van der Waals surface area contributed by atoms with E-state index in [0.717, 1.165) is 0 Å². The Morgan fingerprint density at radius 1 is 1.13 bits per heavy atom. The lowest BCUT2D eigenvalue weighted by molar-refractivity contribution is -0.129. The van der Waals surface area contributed by atoms with Gasteiger partial charge >= 0.3 is 0 Å². The fraction of sp³-hybridized carbons (Fsp3) is 0.286. The number of aromatic nitrogens is 3. The van der Waals surface area contributed by atoms with Crippen molar-refractivity contribution in [1.82, 2.24) is 25.2 Å². The Balaban J connectivity index is 1.66. The number of hydrogen-bond acceptors (Lipinski definition) is 7. The van der Waals surface area contributed by atoms with Gasteiger partial charge in [-0.2, -0.15) is 0 Å². The lowest BCUT2D eigenvalue weighted by atomic mass is 10.2. The third kappa shape index (κ3) is 5.16. The van der Waals surface area contributed by atoms with Gasteiger partial charge in [-0.15, -0.1) is 0 Å². The molecular formula is C21H23N5O5. The summed E-state index contributed by atoms with van der Waals surface area (Å²) < 4.78 is 11.6. The molecule has 3 aromatic rings. The van der Waals surface area contributed by atoms with Gasteiger partial charge < -0.3 is 20.1 Å². The molecule has 10 nitrogen and oxygen atoms in total. The minimum absolute atomic E-state index is 0.249. The summed E-state index contributed by atoms with van der Waals surface area (Å²) in [6.07, 6.45) is 2.91. The molecule has 0 aliphatic rings. The smallest absolute Gasteiger partial charge is 0.261 e. The molecule has 0 aliphatic carbocycles. The van der Waals surface area contributed by atoms with Gasteiger partial charge in [0.1, 0.15) is 12.6 Å². The number of pyridine rings is 1. The number of amides is 2. The van der Waals surface area contributed by atoms with Crippen molar-refractivity contribution in [3.8, 4) is 11.5 Å². The number of carbonyl (C=O) groups is 2. The van der Waals surface area contributed by atoms with Crippen LogP contribution in [0.2, 0.25) is 0 Å². The van der Waals surface area contributed by atoms with Crippen molar-refractivity contribution in [2.75, 3.05) is 14.2 Å². The van der Waals surface area contributed by atoms with Gasteiger partial charge in [-0.05, 0) is 25.1 Å². The summed E-state index contributed by atoms with van der Waals surface area (Å²) in [5.74, 6) is -0.0266. The number of hydrogen-bond donors (Lipinski definition) is 2. The van der Waals surface area contributed by atoms with Crippen molar-refractivity contribution >= 4 is 22.7 Å². The van der Waals surface area contributed by atoms with E-state index < -0.39 is 17.5 Å². The maximum Gasteiger partial charge on any atom is 0.261 e. The van der Waals surface area contributed by atoms with Gasteiger partial charge in [0.25, 0.3) is 5.56 Å². The number of fused-ring (bicyclic) bond motifs is 1. The topological polar surface area (TPSA) is 124 Å². The van der Waals surface area contributed by atoms with Gasteiger partial charge in [0.05, 0.1) is 43.7 Å². The highest BCUT2D eigenvalue weighted by Gasteiger charge is 2.17. The third-order valence-electron chi connectivity index (χ3n) is 4.58. The van der Waals surface area contributed by atoms with Crippen molar-refractivity contribution in [3.05, 3.63) is 58.9 Å². The van der Waals surface area contributed by atoms with E-state index in [1.807, 2.05) is 6.07 Å². The molecule has 0 spiro atoms. The molecule has 2 heterocycles. The minimum Gasteiger partial charge on any atom is -0.493 e. The predicted molar refractivity (Wildman–Crippen MR) is 113 cm³/mol. The first kappa shape index (κ1) is 21.8. The monoisotopic (exact) mass is 425 g/mol. The summed E-state index contributed by atoms with van der Waals surface area (Å²) in [4.78, 5) is 45.7. The zero-order valence-electron chi connectivity index (χ0n) is 17.4. The van der Waals surface area contributed by atoms with Crippen LogP contribution in [0.25, 0.3) is 10.9 Å². The zero-order chi connectivity index (χ0) is 22.4. The SMILES string of the molecule is COc1cc2ncn(CC(=O)N[C@@H](C)C(=O)NCc3ccccn3)c(=O)c2cc1OC. The number of carbonyl (C=O) groups excluding carboxylic acids is 2. The van der Waals surface area contributed by atoms with Crippen LogP contribution in [0.1, 0.15) is 12.6 Å². The van der Waals surface area contributed by atoms with Crippen LogP contribution in [0, 0.1) is 0 Å². The summed E-state index contributed by atoms with van der Waals surface area (Å²) in [7, 11) is 2.95. The van der Waals surface area contributed by atoms with Crippen molar-refractivity contribution in [3.63, 3.8) is 0 Å². The molecule has 0 radical (unpaired) electrons. The van der Waals surface area contributed by atoms with Crippen molar-refractivity contribution in [1.29, 1.82) is 0 Å². The summed E-state index contributed by atoms with van der Waals surface area (Å²) in [5.41, 5.74) is 0.713. The van der Waals surface area contributed by atoms with Crippen LogP contribution >= 0.6 is 0 Å². The molecule has 2 amide bonds. The van der Waals surface area contributed by atoms with E-state index in [1.165, 1.54) is 31.2 Å². The number of methoxy groups -OCH3 is 2. The van der Waals surface area contributed by atoms with E-state index >= 15 is 0 Å². The number of nitrogens with one attached hydrogen (secondary N) is 2. The van der Waals surface area contributed by atoms with Crippen molar-refractivity contribution in [2.45, 2.75) is 26.1 Å². The predicted octanol–water partition coefficient (Wildman–Crippen LogP) is 0.630. The lowest BCUT2D eigenvalue weighted by Gasteiger charge is -2.15. The van der Waals surface area contributed by atoms with Crippen molar-refractivity contribution in [2.24, 2.45) is 0 Å². The second-order valence-electron chi connectivity index (χ2n) is 6.73. The largest absolute Gasteiger partial charge is 0.493 e. The standard InChI is InChI=1S/C21H23N5O5/c1-13(20(28)23-10-14-6-4-5-7-22-14)25-19(27)11-26-12-24-16-9-18(31-3)17(30-2)8-15(16)21(26)29/h4-9,12-13H,10-11H2,1-3H3,(H,23,28)(H,25,27)/t13-/m0/s1. The second-order valence-corrected chi connectivity index (χ2v) is 6.73. The van der Waals surface area contributed by atoms with Crippen LogP contribution in [0.3, 0.4) is 0 Å². The zero-order valence-corrected chi connectivity index (χ0v) is 17.4. The van der Waals surface area contributed by atoms with Gasteiger partial charge in [-0.25, -0.2) is 4.98 Å². The Labute approximate surface area is 178 Å². The molecule has 0 unspecified atom stereocenters. The van der Waals surface area contributed by atoms with E-state index in [-0.39, 0.29) is 24.4 Å². The Morgan fingerprint density at radius 2 is 1.87 bits per heavy atom. The molecule has 1 atom stereocenters. The van der Waals surface area contributed by atoms with Crippen LogP contribution in [0.4, 0.5) is 0 Å². The number of ether oxygens (including phenoxy) is 2. The second kappa shape index (κ2) is 9.70.